The van der Waals surface area contributed by atoms with Gasteiger partial charge in [0, 0.05) is 19.5 Å². The van der Waals surface area contributed by atoms with Crippen LogP contribution in [0.3, 0.4) is 0 Å². The number of hydrogen-bond donors (Lipinski definition) is 1. The van der Waals surface area contributed by atoms with Crippen molar-refractivity contribution < 1.29 is 9.84 Å². The first-order chi connectivity index (χ1) is 5.06. The average molecular weight is 178 g/mol. The van der Waals surface area contributed by atoms with E-state index in [0.29, 0.717) is 0 Å². The highest BCUT2D eigenvalue weighted by atomic mass is 32.2. The van der Waals surface area contributed by atoms with E-state index in [1.54, 1.807) is 18.9 Å². The van der Waals surface area contributed by atoms with E-state index in [2.05, 4.69) is 0 Å². The highest BCUT2D eigenvalue weighted by molar-refractivity contribution is 7.99. The van der Waals surface area contributed by atoms with Gasteiger partial charge in [0.05, 0.1) is 5.60 Å². The summed E-state index contributed by atoms with van der Waals surface area (Å²) in [6.45, 7) is 4.48. The lowest BCUT2D eigenvalue weighted by Gasteiger charge is -2.15. The average Bonchev–Trinajstić information content (AvgIpc) is 1.85. The molecule has 3 heteroatoms. The summed E-state index contributed by atoms with van der Waals surface area (Å²) < 4.78 is 4.90. The molecule has 0 atom stereocenters. The zero-order valence-electron chi connectivity index (χ0n) is 7.59. The number of rotatable bonds is 6. The molecule has 1 N–H and O–H groups in total. The number of ether oxygens (including phenoxy) is 1. The molecular formula is C8H18O2S. The maximum atomic E-state index is 9.32. The van der Waals surface area contributed by atoms with Crippen LogP contribution in [0.2, 0.25) is 0 Å². The van der Waals surface area contributed by atoms with Gasteiger partial charge in [0.25, 0.3) is 0 Å². The molecule has 11 heavy (non-hydrogen) atoms. The second-order valence-corrected chi connectivity index (χ2v) is 4.32. The molecule has 0 bridgehead atoms. The molecule has 0 rings (SSSR count). The van der Waals surface area contributed by atoms with Gasteiger partial charge in [-0.1, -0.05) is 0 Å². The lowest BCUT2D eigenvalue weighted by Crippen LogP contribution is -2.22. The summed E-state index contributed by atoms with van der Waals surface area (Å²) in [6.07, 6.45) is 1.07. The van der Waals surface area contributed by atoms with Crippen LogP contribution in [0.5, 0.6) is 0 Å². The minimum atomic E-state index is -0.530. The Morgan fingerprint density at radius 1 is 1.45 bits per heavy atom. The molecule has 0 saturated heterocycles. The van der Waals surface area contributed by atoms with E-state index in [4.69, 9.17) is 4.74 Å². The standard InChI is InChI=1S/C8H18O2S/c1-8(2,9)7-11-6-4-5-10-3/h9H,4-7H2,1-3H3. The van der Waals surface area contributed by atoms with Crippen molar-refractivity contribution in [1.82, 2.24) is 0 Å². The first-order valence-corrected chi connectivity index (χ1v) is 5.01. The molecule has 0 spiro atoms. The van der Waals surface area contributed by atoms with Crippen LogP contribution in [0.15, 0.2) is 0 Å². The molecule has 0 heterocycles. The zero-order chi connectivity index (χ0) is 8.74. The van der Waals surface area contributed by atoms with Gasteiger partial charge in [0.2, 0.25) is 0 Å². The summed E-state index contributed by atoms with van der Waals surface area (Å²) >= 11 is 1.77. The normalized spacial score (nSPS) is 12.0. The lowest BCUT2D eigenvalue weighted by molar-refractivity contribution is 0.107. The van der Waals surface area contributed by atoms with Crippen LogP contribution in [0.25, 0.3) is 0 Å². The molecule has 0 aliphatic rings. The van der Waals surface area contributed by atoms with Gasteiger partial charge in [-0.05, 0) is 26.0 Å². The second-order valence-electron chi connectivity index (χ2n) is 3.21. The van der Waals surface area contributed by atoms with Crippen LogP contribution < -0.4 is 0 Å². The number of aliphatic hydroxyl groups is 1. The molecule has 0 aromatic rings. The Kier molecular flexibility index (Phi) is 6.01. The van der Waals surface area contributed by atoms with E-state index in [1.807, 2.05) is 13.8 Å². The van der Waals surface area contributed by atoms with E-state index in [-0.39, 0.29) is 0 Å². The summed E-state index contributed by atoms with van der Waals surface area (Å²) in [5, 5.41) is 9.32. The van der Waals surface area contributed by atoms with E-state index in [1.165, 1.54) is 0 Å². The molecule has 0 aromatic carbocycles. The predicted octanol–water partition coefficient (Wildman–Crippen LogP) is 1.53. The zero-order valence-corrected chi connectivity index (χ0v) is 8.41. The summed E-state index contributed by atoms with van der Waals surface area (Å²) in [6, 6.07) is 0. The van der Waals surface area contributed by atoms with Crippen LogP contribution in [0.1, 0.15) is 20.3 Å². The number of methoxy groups -OCH3 is 1. The van der Waals surface area contributed by atoms with Crippen molar-refractivity contribution >= 4 is 11.8 Å². The minimum absolute atomic E-state index is 0.530. The first kappa shape index (κ1) is 11.3. The van der Waals surface area contributed by atoms with Gasteiger partial charge in [0.15, 0.2) is 0 Å². The smallest absolute Gasteiger partial charge is 0.0681 e. The summed E-state index contributed by atoms with van der Waals surface area (Å²) in [5.41, 5.74) is -0.530. The third-order valence-electron chi connectivity index (χ3n) is 1.09. The van der Waals surface area contributed by atoms with E-state index in [9.17, 15) is 5.11 Å². The quantitative estimate of drug-likeness (QED) is 0.625. The maximum Gasteiger partial charge on any atom is 0.0681 e. The van der Waals surface area contributed by atoms with Crippen LogP contribution in [-0.2, 0) is 4.74 Å². The highest BCUT2D eigenvalue weighted by Gasteiger charge is 2.11. The van der Waals surface area contributed by atoms with E-state index >= 15 is 0 Å². The van der Waals surface area contributed by atoms with Crippen molar-refractivity contribution in [1.29, 1.82) is 0 Å². The number of thioether (sulfide) groups is 1. The highest BCUT2D eigenvalue weighted by Crippen LogP contribution is 2.12. The molecule has 0 aliphatic heterocycles. The molecule has 0 aliphatic carbocycles. The topological polar surface area (TPSA) is 29.5 Å². The monoisotopic (exact) mass is 178 g/mol. The Morgan fingerprint density at radius 2 is 2.09 bits per heavy atom. The third kappa shape index (κ3) is 10.3. The van der Waals surface area contributed by atoms with Crippen molar-refractivity contribution in [2.45, 2.75) is 25.9 Å². The largest absolute Gasteiger partial charge is 0.390 e. The number of hydrogen-bond acceptors (Lipinski definition) is 3. The second kappa shape index (κ2) is 5.86. The van der Waals surface area contributed by atoms with E-state index < -0.39 is 5.60 Å². The van der Waals surface area contributed by atoms with E-state index in [0.717, 1.165) is 24.5 Å². The maximum absolute atomic E-state index is 9.32. The molecule has 0 unspecified atom stereocenters. The van der Waals surface area contributed by atoms with Crippen LogP contribution in [0.4, 0.5) is 0 Å². The fraction of sp³-hybridized carbons (Fsp3) is 1.00. The van der Waals surface area contributed by atoms with Crippen molar-refractivity contribution in [3.63, 3.8) is 0 Å². The molecule has 0 saturated carbocycles. The summed E-state index contributed by atoms with van der Waals surface area (Å²) in [4.78, 5) is 0. The van der Waals surface area contributed by atoms with Gasteiger partial charge in [0.1, 0.15) is 0 Å². The molecule has 68 valence electrons. The van der Waals surface area contributed by atoms with Gasteiger partial charge in [-0.3, -0.25) is 0 Å². The van der Waals surface area contributed by atoms with Crippen LogP contribution in [-0.4, -0.2) is 35.9 Å². The Balaban J connectivity index is 3.02. The molecule has 0 fully saturated rings. The minimum Gasteiger partial charge on any atom is -0.390 e. The van der Waals surface area contributed by atoms with Crippen molar-refractivity contribution in [2.75, 3.05) is 25.2 Å². The lowest BCUT2D eigenvalue weighted by atomic mass is 10.2. The summed E-state index contributed by atoms with van der Waals surface area (Å²) in [7, 11) is 1.71. The Morgan fingerprint density at radius 3 is 2.55 bits per heavy atom. The molecule has 0 aromatic heterocycles. The van der Waals surface area contributed by atoms with Gasteiger partial charge >= 0.3 is 0 Å². The molecule has 2 nitrogen and oxygen atoms in total. The Bertz CT molecular complexity index is 88.6. The van der Waals surface area contributed by atoms with Gasteiger partial charge in [-0.15, -0.1) is 0 Å². The first-order valence-electron chi connectivity index (χ1n) is 3.85. The van der Waals surface area contributed by atoms with Crippen LogP contribution in [0, 0.1) is 0 Å². The molecule has 0 radical (unpaired) electrons. The van der Waals surface area contributed by atoms with Gasteiger partial charge in [-0.25, -0.2) is 0 Å². The fourth-order valence-corrected chi connectivity index (χ4v) is 1.59. The fourth-order valence-electron chi connectivity index (χ4n) is 0.627. The third-order valence-corrected chi connectivity index (χ3v) is 2.58. The molecule has 0 amide bonds. The van der Waals surface area contributed by atoms with Crippen LogP contribution >= 0.6 is 11.8 Å². The summed E-state index contributed by atoms with van der Waals surface area (Å²) in [5.74, 6) is 1.87. The van der Waals surface area contributed by atoms with Gasteiger partial charge < -0.3 is 9.84 Å². The molecular weight excluding hydrogens is 160 g/mol. The van der Waals surface area contributed by atoms with Crippen molar-refractivity contribution in [3.05, 3.63) is 0 Å². The SMILES string of the molecule is COCCCSCC(C)(C)O. The Hall–Kier alpha value is 0.270. The van der Waals surface area contributed by atoms with Crippen molar-refractivity contribution in [2.24, 2.45) is 0 Å². The predicted molar refractivity (Wildman–Crippen MR) is 50.1 cm³/mol. The van der Waals surface area contributed by atoms with Gasteiger partial charge in [-0.2, -0.15) is 11.8 Å². The Labute approximate surface area is 73.3 Å². The van der Waals surface area contributed by atoms with Crippen molar-refractivity contribution in [3.8, 4) is 0 Å².